The molecule has 0 amide bonds. The fourth-order valence-corrected chi connectivity index (χ4v) is 2.86. The van der Waals surface area contributed by atoms with Gasteiger partial charge in [-0.2, -0.15) is 0 Å². The zero-order valence-electron chi connectivity index (χ0n) is 12.9. The molecule has 108 valence electrons. The van der Waals surface area contributed by atoms with E-state index < -0.39 is 0 Å². The Bertz CT molecular complexity index is 208. The van der Waals surface area contributed by atoms with Crippen molar-refractivity contribution in [3.8, 4) is 0 Å². The molecule has 3 nitrogen and oxygen atoms in total. The van der Waals surface area contributed by atoms with Gasteiger partial charge < -0.3 is 10.2 Å². The van der Waals surface area contributed by atoms with Crippen LogP contribution >= 0.6 is 0 Å². The first kappa shape index (κ1) is 15.9. The van der Waals surface area contributed by atoms with Gasteiger partial charge in [-0.3, -0.25) is 4.90 Å². The van der Waals surface area contributed by atoms with Gasteiger partial charge in [0.1, 0.15) is 0 Å². The van der Waals surface area contributed by atoms with Crippen molar-refractivity contribution in [1.29, 1.82) is 0 Å². The van der Waals surface area contributed by atoms with Crippen LogP contribution < -0.4 is 5.32 Å². The molecular formula is C15H33N3. The molecule has 1 saturated heterocycles. The van der Waals surface area contributed by atoms with Gasteiger partial charge in [-0.05, 0) is 72.8 Å². The minimum absolute atomic E-state index is 0.713. The molecule has 0 radical (unpaired) electrons. The Morgan fingerprint density at radius 1 is 1.39 bits per heavy atom. The van der Waals surface area contributed by atoms with Crippen molar-refractivity contribution in [3.05, 3.63) is 0 Å². The number of likely N-dealkylation sites (tertiary alicyclic amines) is 1. The second kappa shape index (κ2) is 8.89. The Kier molecular flexibility index (Phi) is 7.87. The topological polar surface area (TPSA) is 18.5 Å². The maximum absolute atomic E-state index is 3.49. The number of nitrogens with one attached hydrogen (secondary N) is 1. The Morgan fingerprint density at radius 2 is 2.17 bits per heavy atom. The zero-order chi connectivity index (χ0) is 13.4. The van der Waals surface area contributed by atoms with Gasteiger partial charge >= 0.3 is 0 Å². The first-order valence-corrected chi connectivity index (χ1v) is 7.76. The fourth-order valence-electron chi connectivity index (χ4n) is 2.86. The Balaban J connectivity index is 2.17. The van der Waals surface area contributed by atoms with E-state index in [1.54, 1.807) is 0 Å². The monoisotopic (exact) mass is 255 g/mol. The molecule has 18 heavy (non-hydrogen) atoms. The predicted molar refractivity (Wildman–Crippen MR) is 80.1 cm³/mol. The van der Waals surface area contributed by atoms with Gasteiger partial charge in [-0.25, -0.2) is 0 Å². The molecule has 1 aliphatic heterocycles. The summed E-state index contributed by atoms with van der Waals surface area (Å²) in [5.74, 6) is 0. The van der Waals surface area contributed by atoms with Crippen molar-refractivity contribution in [2.24, 2.45) is 0 Å². The van der Waals surface area contributed by atoms with E-state index in [2.05, 4.69) is 43.1 Å². The predicted octanol–water partition coefficient (Wildman–Crippen LogP) is 2.18. The lowest BCUT2D eigenvalue weighted by Gasteiger charge is -2.39. The molecule has 1 rings (SSSR count). The molecule has 0 aliphatic carbocycles. The third-order valence-electron chi connectivity index (χ3n) is 4.27. The summed E-state index contributed by atoms with van der Waals surface area (Å²) in [7, 11) is 4.56. The molecule has 1 heterocycles. The van der Waals surface area contributed by atoms with E-state index in [9.17, 15) is 0 Å². The van der Waals surface area contributed by atoms with E-state index in [4.69, 9.17) is 0 Å². The van der Waals surface area contributed by atoms with Crippen LogP contribution in [0, 0.1) is 0 Å². The number of piperidine rings is 1. The number of hydrogen-bond acceptors (Lipinski definition) is 3. The molecule has 1 fully saturated rings. The van der Waals surface area contributed by atoms with Crippen LogP contribution in [0.2, 0.25) is 0 Å². The Hall–Kier alpha value is -0.120. The first-order valence-electron chi connectivity index (χ1n) is 7.76. The van der Waals surface area contributed by atoms with Crippen molar-refractivity contribution in [3.63, 3.8) is 0 Å². The van der Waals surface area contributed by atoms with E-state index in [1.807, 2.05) is 0 Å². The summed E-state index contributed by atoms with van der Waals surface area (Å²) in [4.78, 5) is 5.08. The SMILES string of the molecule is CCCNCCCC(C)N(C)C1CCCN(C)C1. The van der Waals surface area contributed by atoms with Gasteiger partial charge in [0, 0.05) is 18.6 Å². The molecule has 3 heteroatoms. The van der Waals surface area contributed by atoms with Crippen LogP contribution in [-0.4, -0.2) is 62.2 Å². The van der Waals surface area contributed by atoms with Crippen LogP contribution in [0.25, 0.3) is 0 Å². The second-order valence-corrected chi connectivity index (χ2v) is 5.97. The summed E-state index contributed by atoms with van der Waals surface area (Å²) in [6, 6.07) is 1.48. The maximum atomic E-state index is 3.49. The molecule has 0 saturated carbocycles. The lowest BCUT2D eigenvalue weighted by molar-refractivity contribution is 0.100. The van der Waals surface area contributed by atoms with Crippen molar-refractivity contribution in [1.82, 2.24) is 15.1 Å². The molecule has 0 aromatic rings. The van der Waals surface area contributed by atoms with E-state index >= 15 is 0 Å². The van der Waals surface area contributed by atoms with E-state index in [-0.39, 0.29) is 0 Å². The number of nitrogens with zero attached hydrogens (tertiary/aromatic N) is 2. The van der Waals surface area contributed by atoms with Crippen LogP contribution in [0.4, 0.5) is 0 Å². The van der Waals surface area contributed by atoms with Crippen LogP contribution in [0.1, 0.15) is 46.0 Å². The largest absolute Gasteiger partial charge is 0.317 e. The molecule has 0 bridgehead atoms. The van der Waals surface area contributed by atoms with Crippen LogP contribution in [0.5, 0.6) is 0 Å². The standard InChI is InChI=1S/C15H33N3/c1-5-10-16-11-6-8-14(2)18(4)15-9-7-12-17(3)13-15/h14-16H,5-13H2,1-4H3. The van der Waals surface area contributed by atoms with Crippen molar-refractivity contribution >= 4 is 0 Å². The van der Waals surface area contributed by atoms with Crippen molar-refractivity contribution in [2.45, 2.75) is 58.0 Å². The van der Waals surface area contributed by atoms with Crippen LogP contribution in [-0.2, 0) is 0 Å². The molecule has 0 spiro atoms. The minimum Gasteiger partial charge on any atom is -0.317 e. The summed E-state index contributed by atoms with van der Waals surface area (Å²) in [5.41, 5.74) is 0. The van der Waals surface area contributed by atoms with Crippen molar-refractivity contribution in [2.75, 3.05) is 40.3 Å². The number of rotatable bonds is 8. The lowest BCUT2D eigenvalue weighted by Crippen LogP contribution is -2.48. The van der Waals surface area contributed by atoms with E-state index in [0.717, 1.165) is 12.6 Å². The van der Waals surface area contributed by atoms with Crippen LogP contribution in [0.15, 0.2) is 0 Å². The van der Waals surface area contributed by atoms with Gasteiger partial charge in [0.2, 0.25) is 0 Å². The highest BCUT2D eigenvalue weighted by Crippen LogP contribution is 2.17. The molecular weight excluding hydrogens is 222 g/mol. The summed E-state index contributed by atoms with van der Waals surface area (Å²) in [6.07, 6.45) is 6.58. The van der Waals surface area contributed by atoms with Gasteiger partial charge in [0.25, 0.3) is 0 Å². The average molecular weight is 255 g/mol. The van der Waals surface area contributed by atoms with E-state index in [1.165, 1.54) is 51.7 Å². The maximum Gasteiger partial charge on any atom is 0.0223 e. The third kappa shape index (κ3) is 5.68. The zero-order valence-corrected chi connectivity index (χ0v) is 12.9. The van der Waals surface area contributed by atoms with Gasteiger partial charge in [0.05, 0.1) is 0 Å². The third-order valence-corrected chi connectivity index (χ3v) is 4.27. The highest BCUT2D eigenvalue weighted by Gasteiger charge is 2.23. The smallest absolute Gasteiger partial charge is 0.0223 e. The molecule has 0 aromatic heterocycles. The minimum atomic E-state index is 0.713. The summed E-state index contributed by atoms with van der Waals surface area (Å²) < 4.78 is 0. The van der Waals surface area contributed by atoms with Gasteiger partial charge in [-0.1, -0.05) is 6.92 Å². The lowest BCUT2D eigenvalue weighted by atomic mass is 10.0. The second-order valence-electron chi connectivity index (χ2n) is 5.97. The summed E-state index contributed by atoms with van der Waals surface area (Å²) in [6.45, 7) is 9.47. The Labute approximate surface area is 114 Å². The summed E-state index contributed by atoms with van der Waals surface area (Å²) >= 11 is 0. The number of hydrogen-bond donors (Lipinski definition) is 1. The molecule has 1 aliphatic rings. The van der Waals surface area contributed by atoms with Crippen LogP contribution in [0.3, 0.4) is 0 Å². The Morgan fingerprint density at radius 3 is 2.83 bits per heavy atom. The quantitative estimate of drug-likeness (QED) is 0.671. The number of likely N-dealkylation sites (N-methyl/N-ethyl adjacent to an activating group) is 2. The molecule has 0 aromatic carbocycles. The molecule has 2 atom stereocenters. The normalized spacial score (nSPS) is 23.5. The van der Waals surface area contributed by atoms with E-state index in [0.29, 0.717) is 6.04 Å². The highest BCUT2D eigenvalue weighted by atomic mass is 15.2. The summed E-state index contributed by atoms with van der Waals surface area (Å²) in [5, 5.41) is 3.49. The van der Waals surface area contributed by atoms with Gasteiger partial charge in [-0.15, -0.1) is 0 Å². The molecule has 2 unspecified atom stereocenters. The average Bonchev–Trinajstić information content (AvgIpc) is 2.37. The first-order chi connectivity index (χ1) is 8.65. The fraction of sp³-hybridized carbons (Fsp3) is 1.00. The van der Waals surface area contributed by atoms with Crippen molar-refractivity contribution < 1.29 is 0 Å². The highest BCUT2D eigenvalue weighted by molar-refractivity contribution is 4.80. The molecule has 1 N–H and O–H groups in total. The van der Waals surface area contributed by atoms with Gasteiger partial charge in [0.15, 0.2) is 0 Å².